The van der Waals surface area contributed by atoms with Crippen molar-refractivity contribution in [1.29, 1.82) is 0 Å². The normalized spacial score (nSPS) is 23.0. The van der Waals surface area contributed by atoms with E-state index in [1.165, 1.54) is 4.90 Å². The van der Waals surface area contributed by atoms with Crippen LogP contribution in [0.3, 0.4) is 0 Å². The summed E-state index contributed by atoms with van der Waals surface area (Å²) in [5, 5.41) is 9.90. The summed E-state index contributed by atoms with van der Waals surface area (Å²) in [6, 6.07) is 7.41. The van der Waals surface area contributed by atoms with Gasteiger partial charge < -0.3 is 20.6 Å². The average Bonchev–Trinajstić information content (AvgIpc) is 3.18. The van der Waals surface area contributed by atoms with Gasteiger partial charge >= 0.3 is 5.97 Å². The Balaban J connectivity index is 1.83. The van der Waals surface area contributed by atoms with E-state index in [2.05, 4.69) is 0 Å². The van der Waals surface area contributed by atoms with Gasteiger partial charge in [0.1, 0.15) is 18.1 Å². The van der Waals surface area contributed by atoms with Gasteiger partial charge in [0, 0.05) is 6.54 Å². The summed E-state index contributed by atoms with van der Waals surface area (Å²) in [4.78, 5) is 41.4. The van der Waals surface area contributed by atoms with Crippen molar-refractivity contribution in [2.24, 2.45) is 5.73 Å². The number of carboxylic acids is 1. The molecule has 3 atom stereocenters. The van der Waals surface area contributed by atoms with Crippen molar-refractivity contribution in [1.82, 2.24) is 9.80 Å². The van der Waals surface area contributed by atoms with E-state index < -0.39 is 24.1 Å². The minimum absolute atomic E-state index is 0.106. The lowest BCUT2D eigenvalue weighted by molar-refractivity contribution is -0.168. The van der Waals surface area contributed by atoms with E-state index in [4.69, 9.17) is 5.73 Å². The zero-order chi connectivity index (χ0) is 20.1. The highest BCUT2D eigenvalue weighted by molar-refractivity contribution is 5.99. The van der Waals surface area contributed by atoms with Crippen LogP contribution in [0.15, 0.2) is 30.3 Å². The zero-order valence-electron chi connectivity index (χ0n) is 16.1. The lowest BCUT2D eigenvalue weighted by Crippen LogP contribution is -2.66. The highest BCUT2D eigenvalue weighted by Crippen LogP contribution is 2.31. The largest absolute Gasteiger partial charge is 0.480 e. The number of fused-ring (bicyclic) bond motifs is 1. The molecular weight excluding hydrogens is 358 g/mol. The van der Waals surface area contributed by atoms with Crippen LogP contribution < -0.4 is 5.73 Å². The summed E-state index contributed by atoms with van der Waals surface area (Å²) in [6.45, 7) is 1.09. The van der Waals surface area contributed by atoms with E-state index in [-0.39, 0.29) is 11.8 Å². The Kier molecular flexibility index (Phi) is 6.67. The Morgan fingerprint density at radius 3 is 2.61 bits per heavy atom. The molecule has 0 saturated carbocycles. The van der Waals surface area contributed by atoms with Crippen LogP contribution in [0.4, 0.5) is 0 Å². The van der Waals surface area contributed by atoms with Crippen molar-refractivity contribution in [3.05, 3.63) is 35.9 Å². The van der Waals surface area contributed by atoms with Crippen LogP contribution in [0.2, 0.25) is 0 Å². The molecule has 2 fully saturated rings. The molecule has 2 amide bonds. The molecule has 0 unspecified atom stereocenters. The first-order chi connectivity index (χ1) is 13.5. The lowest BCUT2D eigenvalue weighted by Gasteiger charge is -2.45. The van der Waals surface area contributed by atoms with Crippen molar-refractivity contribution < 1.29 is 19.5 Å². The molecule has 0 aliphatic carbocycles. The SMILES string of the molecule is NCCCC[C@H]1C(=O)N2CCC[C@H]2C(=O)N1[C@H](CCc1ccccc1)C(=O)O. The van der Waals surface area contributed by atoms with Crippen LogP contribution in [0, 0.1) is 0 Å². The molecule has 2 saturated heterocycles. The number of benzene rings is 1. The van der Waals surface area contributed by atoms with Crippen LogP contribution in [0.5, 0.6) is 0 Å². The molecule has 1 aromatic rings. The molecule has 0 bridgehead atoms. The average molecular weight is 387 g/mol. The molecule has 3 N–H and O–H groups in total. The number of hydrogen-bond donors (Lipinski definition) is 2. The van der Waals surface area contributed by atoms with E-state index in [0.717, 1.165) is 18.4 Å². The minimum atomic E-state index is -1.05. The smallest absolute Gasteiger partial charge is 0.326 e. The van der Waals surface area contributed by atoms with Gasteiger partial charge in [-0.3, -0.25) is 9.59 Å². The van der Waals surface area contributed by atoms with Crippen LogP contribution >= 0.6 is 0 Å². The number of hydrogen-bond acceptors (Lipinski definition) is 4. The molecule has 2 aliphatic rings. The van der Waals surface area contributed by atoms with Gasteiger partial charge in [0.2, 0.25) is 11.8 Å². The maximum atomic E-state index is 13.2. The molecule has 3 rings (SSSR count). The maximum absolute atomic E-state index is 13.2. The van der Waals surface area contributed by atoms with Gasteiger partial charge in [-0.2, -0.15) is 0 Å². The Labute approximate surface area is 165 Å². The Bertz CT molecular complexity index is 709. The second-order valence-electron chi connectivity index (χ2n) is 7.61. The van der Waals surface area contributed by atoms with E-state index in [1.807, 2.05) is 30.3 Å². The summed E-state index contributed by atoms with van der Waals surface area (Å²) in [5.41, 5.74) is 6.60. The number of piperazine rings is 1. The molecule has 2 aliphatic heterocycles. The third-order valence-corrected chi connectivity index (χ3v) is 5.80. The first-order valence-electron chi connectivity index (χ1n) is 10.1. The fourth-order valence-corrected chi connectivity index (χ4v) is 4.37. The molecule has 28 heavy (non-hydrogen) atoms. The van der Waals surface area contributed by atoms with Crippen LogP contribution in [0.25, 0.3) is 0 Å². The zero-order valence-corrected chi connectivity index (χ0v) is 16.1. The van der Waals surface area contributed by atoms with E-state index >= 15 is 0 Å². The number of amides is 2. The minimum Gasteiger partial charge on any atom is -0.480 e. The number of carbonyl (C=O) groups is 3. The summed E-state index contributed by atoms with van der Waals surface area (Å²) < 4.78 is 0. The van der Waals surface area contributed by atoms with Crippen molar-refractivity contribution in [3.8, 4) is 0 Å². The van der Waals surface area contributed by atoms with Crippen LogP contribution in [0.1, 0.15) is 44.1 Å². The molecule has 0 aromatic heterocycles. The second kappa shape index (κ2) is 9.19. The highest BCUT2D eigenvalue weighted by atomic mass is 16.4. The van der Waals surface area contributed by atoms with Gasteiger partial charge in [-0.1, -0.05) is 30.3 Å². The molecule has 7 heteroatoms. The quantitative estimate of drug-likeness (QED) is 0.624. The number of nitrogens with two attached hydrogens (primary N) is 1. The lowest BCUT2D eigenvalue weighted by atomic mass is 9.95. The molecule has 2 heterocycles. The molecular formula is C21H29N3O4. The number of carbonyl (C=O) groups excluding carboxylic acids is 2. The predicted molar refractivity (Wildman–Crippen MR) is 104 cm³/mol. The van der Waals surface area contributed by atoms with Gasteiger partial charge in [-0.05, 0) is 57.1 Å². The second-order valence-corrected chi connectivity index (χ2v) is 7.61. The Morgan fingerprint density at radius 1 is 1.18 bits per heavy atom. The standard InChI is InChI=1S/C21H29N3O4/c22-13-5-4-9-17-19(25)23-14-6-10-16(23)20(26)24(17)18(21(27)28)12-11-15-7-2-1-3-8-15/h1-3,7-8,16-18H,4-6,9-14,22H2,(H,27,28)/t16-,17-,18+/m0/s1. The Morgan fingerprint density at radius 2 is 1.93 bits per heavy atom. The third kappa shape index (κ3) is 4.19. The number of nitrogens with zero attached hydrogens (tertiary/aromatic N) is 2. The van der Waals surface area contributed by atoms with Gasteiger partial charge in [-0.25, -0.2) is 4.79 Å². The number of aryl methyl sites for hydroxylation is 1. The third-order valence-electron chi connectivity index (χ3n) is 5.80. The fourth-order valence-electron chi connectivity index (χ4n) is 4.37. The first-order valence-corrected chi connectivity index (χ1v) is 10.1. The maximum Gasteiger partial charge on any atom is 0.326 e. The van der Waals surface area contributed by atoms with Crippen molar-refractivity contribution >= 4 is 17.8 Å². The van der Waals surface area contributed by atoms with E-state index in [9.17, 15) is 19.5 Å². The summed E-state index contributed by atoms with van der Waals surface area (Å²) in [7, 11) is 0. The predicted octanol–water partition coefficient (Wildman–Crippen LogP) is 1.40. The number of carboxylic acid groups (broad SMARTS) is 1. The molecule has 1 aromatic carbocycles. The van der Waals surface area contributed by atoms with Gasteiger partial charge in [0.15, 0.2) is 0 Å². The number of aliphatic carboxylic acids is 1. The molecule has 0 spiro atoms. The van der Waals surface area contributed by atoms with Gasteiger partial charge in [-0.15, -0.1) is 0 Å². The highest BCUT2D eigenvalue weighted by Gasteiger charge is 2.50. The van der Waals surface area contributed by atoms with Crippen LogP contribution in [-0.4, -0.2) is 63.9 Å². The molecule has 152 valence electrons. The monoisotopic (exact) mass is 387 g/mol. The van der Waals surface area contributed by atoms with Gasteiger partial charge in [0.05, 0.1) is 0 Å². The Hall–Kier alpha value is -2.41. The number of unbranched alkanes of at least 4 members (excludes halogenated alkanes) is 1. The molecule has 0 radical (unpaired) electrons. The molecule has 7 nitrogen and oxygen atoms in total. The van der Waals surface area contributed by atoms with E-state index in [0.29, 0.717) is 45.2 Å². The summed E-state index contributed by atoms with van der Waals surface area (Å²) in [6.07, 6.45) is 4.13. The fraction of sp³-hybridized carbons (Fsp3) is 0.571. The van der Waals surface area contributed by atoms with E-state index in [1.54, 1.807) is 4.90 Å². The summed E-state index contributed by atoms with van der Waals surface area (Å²) >= 11 is 0. The topological polar surface area (TPSA) is 104 Å². The van der Waals surface area contributed by atoms with Crippen LogP contribution in [-0.2, 0) is 20.8 Å². The van der Waals surface area contributed by atoms with Crippen molar-refractivity contribution in [3.63, 3.8) is 0 Å². The van der Waals surface area contributed by atoms with Crippen molar-refractivity contribution in [2.45, 2.75) is 63.1 Å². The van der Waals surface area contributed by atoms with Gasteiger partial charge in [0.25, 0.3) is 0 Å². The first kappa shape index (κ1) is 20.3. The summed E-state index contributed by atoms with van der Waals surface area (Å²) in [5.74, 6) is -1.37. The van der Waals surface area contributed by atoms with Crippen molar-refractivity contribution in [2.75, 3.05) is 13.1 Å². The number of rotatable bonds is 9.